The predicted octanol–water partition coefficient (Wildman–Crippen LogP) is 3.68. The third-order valence-corrected chi connectivity index (χ3v) is 5.83. The highest BCUT2D eigenvalue weighted by Crippen LogP contribution is 2.22. The number of H-pyrrole nitrogens is 1. The van der Waals surface area contributed by atoms with Crippen molar-refractivity contribution in [2.75, 3.05) is 6.54 Å². The molecule has 0 saturated heterocycles. The molecule has 5 aromatic rings. The summed E-state index contributed by atoms with van der Waals surface area (Å²) in [7, 11) is 0. The lowest BCUT2D eigenvalue weighted by Gasteiger charge is -2.05. The second-order valence-corrected chi connectivity index (χ2v) is 8.15. The molecule has 5 rings (SSSR count). The first-order valence-electron chi connectivity index (χ1n) is 10.3. The number of aryl methyl sites for hydroxylation is 1. The molecule has 0 saturated carbocycles. The molecule has 0 aliphatic carbocycles. The third-order valence-electron chi connectivity index (χ3n) is 5.15. The van der Waals surface area contributed by atoms with Crippen molar-refractivity contribution in [1.82, 2.24) is 35.4 Å². The number of hydrogen-bond donors (Lipinski definition) is 2. The number of fused-ring (bicyclic) bond motifs is 1. The number of hydrogen-bond acceptors (Lipinski definition) is 7. The van der Waals surface area contributed by atoms with E-state index in [1.54, 1.807) is 22.2 Å². The molecule has 0 atom stereocenters. The number of benzene rings is 1. The Morgan fingerprint density at radius 1 is 1.25 bits per heavy atom. The van der Waals surface area contributed by atoms with E-state index in [1.165, 1.54) is 10.9 Å². The van der Waals surface area contributed by atoms with Crippen LogP contribution in [0.3, 0.4) is 0 Å². The molecule has 9 nitrogen and oxygen atoms in total. The van der Waals surface area contributed by atoms with Crippen LogP contribution in [0.15, 0.2) is 58.0 Å². The summed E-state index contributed by atoms with van der Waals surface area (Å²) < 4.78 is 6.94. The van der Waals surface area contributed by atoms with Gasteiger partial charge in [-0.1, -0.05) is 28.6 Å². The Balaban J connectivity index is 1.07. The van der Waals surface area contributed by atoms with Crippen molar-refractivity contribution in [3.8, 4) is 23.0 Å². The second kappa shape index (κ2) is 9.15. The lowest BCUT2D eigenvalue weighted by molar-refractivity contribution is -0.121. The van der Waals surface area contributed by atoms with Gasteiger partial charge in [-0.2, -0.15) is 16.3 Å². The maximum Gasteiger partial charge on any atom is 0.280 e. The number of para-hydroxylation sites is 1. The van der Waals surface area contributed by atoms with Crippen LogP contribution in [0.5, 0.6) is 0 Å². The van der Waals surface area contributed by atoms with Crippen molar-refractivity contribution in [3.63, 3.8) is 0 Å². The van der Waals surface area contributed by atoms with Crippen molar-refractivity contribution >= 4 is 28.1 Å². The van der Waals surface area contributed by atoms with Crippen molar-refractivity contribution in [1.29, 1.82) is 0 Å². The van der Waals surface area contributed by atoms with Crippen LogP contribution >= 0.6 is 11.3 Å². The van der Waals surface area contributed by atoms with Gasteiger partial charge < -0.3 is 14.8 Å². The fourth-order valence-corrected chi connectivity index (χ4v) is 4.15. The van der Waals surface area contributed by atoms with Gasteiger partial charge in [0.25, 0.3) is 5.89 Å². The monoisotopic (exact) mass is 447 g/mol. The number of aromatic amines is 1. The molecule has 4 heterocycles. The number of thiophene rings is 1. The molecule has 4 aromatic heterocycles. The topological polar surface area (TPSA) is 115 Å². The van der Waals surface area contributed by atoms with Crippen molar-refractivity contribution in [2.45, 2.75) is 25.8 Å². The van der Waals surface area contributed by atoms with Crippen molar-refractivity contribution in [2.24, 2.45) is 0 Å². The van der Waals surface area contributed by atoms with Gasteiger partial charge in [0.2, 0.25) is 11.7 Å². The quantitative estimate of drug-likeness (QED) is 0.356. The van der Waals surface area contributed by atoms with E-state index in [0.717, 1.165) is 23.9 Å². The van der Waals surface area contributed by atoms with Crippen LogP contribution in [0.1, 0.15) is 18.4 Å². The molecule has 0 fully saturated rings. The lowest BCUT2D eigenvalue weighted by atomic mass is 10.1. The highest BCUT2D eigenvalue weighted by atomic mass is 32.1. The second-order valence-electron chi connectivity index (χ2n) is 7.37. The van der Waals surface area contributed by atoms with Crippen molar-refractivity contribution in [3.05, 3.63) is 59.0 Å². The van der Waals surface area contributed by atoms with Crippen LogP contribution in [-0.2, 0) is 17.8 Å². The van der Waals surface area contributed by atoms with E-state index in [0.29, 0.717) is 36.9 Å². The molecule has 0 aliphatic heterocycles. The minimum absolute atomic E-state index is 0.0301. The molecule has 162 valence electrons. The van der Waals surface area contributed by atoms with Gasteiger partial charge in [-0.05, 0) is 35.9 Å². The van der Waals surface area contributed by atoms with Gasteiger partial charge >= 0.3 is 0 Å². The molecule has 10 heteroatoms. The Kier molecular flexibility index (Phi) is 5.75. The molecular formula is C22H21N7O2S. The SMILES string of the molecule is O=C(CCCc1c[nH]c2ccccc12)NCCn1cc(-c2nc(-c3ccsc3)no2)nn1. The van der Waals surface area contributed by atoms with Crippen molar-refractivity contribution < 1.29 is 9.32 Å². The fraction of sp³-hybridized carbons (Fsp3) is 0.227. The minimum Gasteiger partial charge on any atom is -0.361 e. The van der Waals surface area contributed by atoms with E-state index < -0.39 is 0 Å². The average Bonchev–Trinajstić information content (AvgIpc) is 3.60. The summed E-state index contributed by atoms with van der Waals surface area (Å²) in [6, 6.07) is 10.1. The number of carbonyl (C=O) groups is 1. The predicted molar refractivity (Wildman–Crippen MR) is 121 cm³/mol. The maximum atomic E-state index is 12.2. The van der Waals surface area contributed by atoms with Crippen LogP contribution in [0.25, 0.3) is 33.9 Å². The Labute approximate surface area is 187 Å². The zero-order chi connectivity index (χ0) is 21.8. The summed E-state index contributed by atoms with van der Waals surface area (Å²) in [5.41, 5.74) is 3.78. The molecule has 32 heavy (non-hydrogen) atoms. The number of amides is 1. The number of nitrogens with zero attached hydrogens (tertiary/aromatic N) is 5. The van der Waals surface area contributed by atoms with Crippen LogP contribution in [0, 0.1) is 0 Å². The van der Waals surface area contributed by atoms with E-state index in [-0.39, 0.29) is 5.91 Å². The summed E-state index contributed by atoms with van der Waals surface area (Å²) in [6.07, 6.45) is 5.90. The number of rotatable bonds is 9. The molecule has 0 radical (unpaired) electrons. The van der Waals surface area contributed by atoms with E-state index in [4.69, 9.17) is 4.52 Å². The van der Waals surface area contributed by atoms with Crippen LogP contribution < -0.4 is 5.32 Å². The summed E-state index contributed by atoms with van der Waals surface area (Å²) >= 11 is 1.57. The molecule has 2 N–H and O–H groups in total. The van der Waals surface area contributed by atoms with E-state index in [2.05, 4.69) is 42.9 Å². The Hall–Kier alpha value is -3.79. The normalized spacial score (nSPS) is 11.2. The van der Waals surface area contributed by atoms with Crippen LogP contribution in [0.4, 0.5) is 0 Å². The Morgan fingerprint density at radius 3 is 3.09 bits per heavy atom. The first-order valence-corrected chi connectivity index (χ1v) is 11.3. The van der Waals surface area contributed by atoms with Gasteiger partial charge in [-0.3, -0.25) is 4.79 Å². The fourth-order valence-electron chi connectivity index (χ4n) is 3.52. The first-order chi connectivity index (χ1) is 15.8. The van der Waals surface area contributed by atoms with Gasteiger partial charge in [0.1, 0.15) is 0 Å². The van der Waals surface area contributed by atoms with E-state index in [1.807, 2.05) is 35.2 Å². The average molecular weight is 448 g/mol. The molecule has 0 unspecified atom stereocenters. The molecule has 0 spiro atoms. The van der Waals surface area contributed by atoms with E-state index >= 15 is 0 Å². The summed E-state index contributed by atoms with van der Waals surface area (Å²) in [4.78, 5) is 19.8. The van der Waals surface area contributed by atoms with Crippen LogP contribution in [0.2, 0.25) is 0 Å². The smallest absolute Gasteiger partial charge is 0.280 e. The molecule has 1 aromatic carbocycles. The van der Waals surface area contributed by atoms with Gasteiger partial charge in [0.05, 0.1) is 12.7 Å². The highest BCUT2D eigenvalue weighted by Gasteiger charge is 2.14. The number of nitrogens with one attached hydrogen (secondary N) is 2. The highest BCUT2D eigenvalue weighted by molar-refractivity contribution is 7.08. The van der Waals surface area contributed by atoms with Crippen LogP contribution in [-0.4, -0.2) is 42.6 Å². The zero-order valence-corrected chi connectivity index (χ0v) is 18.0. The first kappa shape index (κ1) is 20.1. The molecular weight excluding hydrogens is 426 g/mol. The van der Waals surface area contributed by atoms with E-state index in [9.17, 15) is 4.79 Å². The summed E-state index contributed by atoms with van der Waals surface area (Å²) in [6.45, 7) is 0.978. The third kappa shape index (κ3) is 4.45. The minimum atomic E-state index is 0.0301. The van der Waals surface area contributed by atoms with Gasteiger partial charge in [0.15, 0.2) is 5.69 Å². The van der Waals surface area contributed by atoms with Gasteiger partial charge in [-0.15, -0.1) is 5.10 Å². The number of aromatic nitrogens is 6. The summed E-state index contributed by atoms with van der Waals surface area (Å²) in [5.74, 6) is 0.872. The molecule has 0 bridgehead atoms. The standard InChI is InChI=1S/C22H21N7O2S/c30-20(7-3-4-15-12-24-18-6-2-1-5-17(15)18)23-9-10-29-13-19(26-28-29)22-25-21(27-31-22)16-8-11-32-14-16/h1-2,5-6,8,11-14,24H,3-4,7,9-10H2,(H,23,30). The Morgan fingerprint density at radius 2 is 2.19 bits per heavy atom. The number of carbonyl (C=O) groups excluding carboxylic acids is 1. The zero-order valence-electron chi connectivity index (χ0n) is 17.2. The maximum absolute atomic E-state index is 12.2. The van der Waals surface area contributed by atoms with Gasteiger partial charge in [0, 0.05) is 41.0 Å². The lowest BCUT2D eigenvalue weighted by Crippen LogP contribution is -2.27. The van der Waals surface area contributed by atoms with Gasteiger partial charge in [-0.25, -0.2) is 4.68 Å². The largest absolute Gasteiger partial charge is 0.361 e. The summed E-state index contributed by atoms with van der Waals surface area (Å²) in [5, 5.41) is 20.2. The Bertz CT molecular complexity index is 1320. The molecule has 1 amide bonds. The molecule has 0 aliphatic rings.